The van der Waals surface area contributed by atoms with Crippen LogP contribution in [0, 0.1) is 5.92 Å². The summed E-state index contributed by atoms with van der Waals surface area (Å²) in [6.45, 7) is 2.61. The van der Waals surface area contributed by atoms with E-state index in [1.54, 1.807) is 12.1 Å². The lowest BCUT2D eigenvalue weighted by Crippen LogP contribution is -2.31. The van der Waals surface area contributed by atoms with Gasteiger partial charge in [-0.3, -0.25) is 0 Å². The van der Waals surface area contributed by atoms with Gasteiger partial charge in [0.1, 0.15) is 0 Å². The number of anilines is 1. The first kappa shape index (κ1) is 14.3. The van der Waals surface area contributed by atoms with E-state index in [1.165, 1.54) is 12.8 Å². The molecule has 1 unspecified atom stereocenters. The van der Waals surface area contributed by atoms with Crippen molar-refractivity contribution < 1.29 is 8.42 Å². The molecule has 0 radical (unpaired) electrons. The van der Waals surface area contributed by atoms with Crippen LogP contribution in [-0.4, -0.2) is 26.8 Å². The molecule has 1 saturated carbocycles. The Morgan fingerprint density at radius 1 is 1.32 bits per heavy atom. The Labute approximate surface area is 115 Å². The van der Waals surface area contributed by atoms with Gasteiger partial charge in [-0.1, -0.05) is 6.92 Å². The molecule has 1 aromatic carbocycles. The van der Waals surface area contributed by atoms with Crippen LogP contribution in [0.1, 0.15) is 26.2 Å². The van der Waals surface area contributed by atoms with E-state index in [1.807, 2.05) is 19.1 Å². The zero-order valence-corrected chi connectivity index (χ0v) is 12.1. The lowest BCUT2D eigenvalue weighted by atomic mass is 10.2. The summed E-state index contributed by atoms with van der Waals surface area (Å²) in [6.07, 6.45) is 3.10. The van der Waals surface area contributed by atoms with Crippen LogP contribution in [-0.2, 0) is 9.84 Å². The number of rotatable bonds is 7. The van der Waals surface area contributed by atoms with Gasteiger partial charge in [-0.05, 0) is 49.4 Å². The molecule has 0 bridgehead atoms. The van der Waals surface area contributed by atoms with Gasteiger partial charge in [-0.25, -0.2) is 8.42 Å². The van der Waals surface area contributed by atoms with E-state index in [2.05, 4.69) is 5.32 Å². The lowest BCUT2D eigenvalue weighted by molar-refractivity contribution is 0.594. The SMILES string of the molecule is CCCS(=O)(=O)c1ccc(NCC(N)C2CC2)cc1. The van der Waals surface area contributed by atoms with Gasteiger partial charge < -0.3 is 11.1 Å². The molecule has 2 rings (SSSR count). The van der Waals surface area contributed by atoms with Crippen LogP contribution in [0.25, 0.3) is 0 Å². The quantitative estimate of drug-likeness (QED) is 0.802. The number of nitrogens with two attached hydrogens (primary N) is 1. The molecule has 1 aliphatic rings. The van der Waals surface area contributed by atoms with Gasteiger partial charge in [-0.15, -0.1) is 0 Å². The third-order valence-corrected chi connectivity index (χ3v) is 5.39. The Bertz CT molecular complexity index is 507. The van der Waals surface area contributed by atoms with Crippen LogP contribution in [0.3, 0.4) is 0 Å². The number of hydrogen-bond donors (Lipinski definition) is 2. The summed E-state index contributed by atoms with van der Waals surface area (Å²) in [6, 6.07) is 7.14. The molecule has 0 saturated heterocycles. The fraction of sp³-hybridized carbons (Fsp3) is 0.571. The van der Waals surface area contributed by atoms with Crippen molar-refractivity contribution in [2.75, 3.05) is 17.6 Å². The third-order valence-electron chi connectivity index (χ3n) is 3.46. The second kappa shape index (κ2) is 5.92. The zero-order chi connectivity index (χ0) is 13.9. The topological polar surface area (TPSA) is 72.2 Å². The van der Waals surface area contributed by atoms with Gasteiger partial charge in [0.15, 0.2) is 9.84 Å². The molecule has 5 heteroatoms. The maximum Gasteiger partial charge on any atom is 0.178 e. The second-order valence-electron chi connectivity index (χ2n) is 5.23. The molecule has 0 spiro atoms. The third kappa shape index (κ3) is 3.94. The maximum atomic E-state index is 11.9. The van der Waals surface area contributed by atoms with Crippen LogP contribution >= 0.6 is 0 Å². The summed E-state index contributed by atoms with van der Waals surface area (Å²) in [4.78, 5) is 0.395. The van der Waals surface area contributed by atoms with E-state index in [4.69, 9.17) is 5.73 Å². The summed E-state index contributed by atoms with van der Waals surface area (Å²) in [7, 11) is -3.11. The smallest absolute Gasteiger partial charge is 0.178 e. The van der Waals surface area contributed by atoms with Gasteiger partial charge in [0.25, 0.3) is 0 Å². The summed E-state index contributed by atoms with van der Waals surface area (Å²) in [5.41, 5.74) is 6.93. The molecular formula is C14H22N2O2S. The van der Waals surface area contributed by atoms with Crippen molar-refractivity contribution in [3.05, 3.63) is 24.3 Å². The molecule has 0 aromatic heterocycles. The summed E-state index contributed by atoms with van der Waals surface area (Å²) < 4.78 is 23.7. The predicted molar refractivity (Wildman–Crippen MR) is 78.0 cm³/mol. The summed E-state index contributed by atoms with van der Waals surface area (Å²) >= 11 is 0. The van der Waals surface area contributed by atoms with Crippen LogP contribution in [0.5, 0.6) is 0 Å². The van der Waals surface area contributed by atoms with E-state index in [9.17, 15) is 8.42 Å². The van der Waals surface area contributed by atoms with E-state index < -0.39 is 9.84 Å². The maximum absolute atomic E-state index is 11.9. The average molecular weight is 282 g/mol. The van der Waals surface area contributed by atoms with Gasteiger partial charge >= 0.3 is 0 Å². The first-order chi connectivity index (χ1) is 9.03. The second-order valence-corrected chi connectivity index (χ2v) is 7.33. The highest BCUT2D eigenvalue weighted by Crippen LogP contribution is 2.31. The van der Waals surface area contributed by atoms with Gasteiger partial charge in [0.05, 0.1) is 10.6 Å². The Balaban J connectivity index is 1.94. The van der Waals surface area contributed by atoms with Crippen molar-refractivity contribution in [1.29, 1.82) is 0 Å². The molecule has 1 atom stereocenters. The molecule has 0 aliphatic heterocycles. The number of sulfone groups is 1. The van der Waals surface area contributed by atoms with Crippen molar-refractivity contribution in [2.45, 2.75) is 37.1 Å². The van der Waals surface area contributed by atoms with E-state index in [0.717, 1.165) is 12.2 Å². The van der Waals surface area contributed by atoms with Crippen molar-refractivity contribution in [1.82, 2.24) is 0 Å². The minimum absolute atomic E-state index is 0.198. The van der Waals surface area contributed by atoms with Crippen LogP contribution in [0.15, 0.2) is 29.2 Å². The molecule has 1 aliphatic carbocycles. The Morgan fingerprint density at radius 3 is 2.47 bits per heavy atom. The van der Waals surface area contributed by atoms with Crippen molar-refractivity contribution in [3.8, 4) is 0 Å². The summed E-state index contributed by atoms with van der Waals surface area (Å²) in [5.74, 6) is 0.864. The van der Waals surface area contributed by atoms with E-state index in [-0.39, 0.29) is 11.8 Å². The van der Waals surface area contributed by atoms with Crippen molar-refractivity contribution in [2.24, 2.45) is 11.7 Å². The fourth-order valence-electron chi connectivity index (χ4n) is 2.09. The first-order valence-electron chi connectivity index (χ1n) is 6.85. The average Bonchev–Trinajstić information content (AvgIpc) is 3.20. The molecule has 106 valence electrons. The van der Waals surface area contributed by atoms with E-state index in [0.29, 0.717) is 17.2 Å². The largest absolute Gasteiger partial charge is 0.383 e. The minimum atomic E-state index is -3.11. The Kier molecular flexibility index (Phi) is 4.47. The number of hydrogen-bond acceptors (Lipinski definition) is 4. The zero-order valence-electron chi connectivity index (χ0n) is 11.3. The highest BCUT2D eigenvalue weighted by atomic mass is 32.2. The monoisotopic (exact) mass is 282 g/mol. The molecule has 0 heterocycles. The van der Waals surface area contributed by atoms with E-state index >= 15 is 0 Å². The first-order valence-corrected chi connectivity index (χ1v) is 8.50. The van der Waals surface area contributed by atoms with Gasteiger partial charge in [0, 0.05) is 18.3 Å². The number of benzene rings is 1. The predicted octanol–water partition coefficient (Wildman–Crippen LogP) is 2.02. The Hall–Kier alpha value is -1.07. The van der Waals surface area contributed by atoms with Crippen molar-refractivity contribution >= 4 is 15.5 Å². The molecular weight excluding hydrogens is 260 g/mol. The summed E-state index contributed by atoms with van der Waals surface area (Å²) in [5, 5.41) is 3.26. The van der Waals surface area contributed by atoms with Gasteiger partial charge in [-0.2, -0.15) is 0 Å². The molecule has 3 N–H and O–H groups in total. The molecule has 1 aromatic rings. The van der Waals surface area contributed by atoms with Crippen LogP contribution < -0.4 is 11.1 Å². The molecule has 1 fully saturated rings. The standard InChI is InChI=1S/C14H22N2O2S/c1-2-9-19(17,18)13-7-5-12(6-8-13)16-10-14(15)11-3-4-11/h5-8,11,14,16H,2-4,9-10,15H2,1H3. The molecule has 19 heavy (non-hydrogen) atoms. The lowest BCUT2D eigenvalue weighted by Gasteiger charge is -2.13. The molecule has 4 nitrogen and oxygen atoms in total. The highest BCUT2D eigenvalue weighted by molar-refractivity contribution is 7.91. The normalized spacial score (nSPS) is 17.2. The highest BCUT2D eigenvalue weighted by Gasteiger charge is 2.27. The number of nitrogens with one attached hydrogen (secondary N) is 1. The van der Waals surface area contributed by atoms with Gasteiger partial charge in [0.2, 0.25) is 0 Å². The van der Waals surface area contributed by atoms with Crippen LogP contribution in [0.2, 0.25) is 0 Å². The van der Waals surface area contributed by atoms with Crippen LogP contribution in [0.4, 0.5) is 5.69 Å². The molecule has 0 amide bonds. The Morgan fingerprint density at radius 2 is 1.95 bits per heavy atom. The fourth-order valence-corrected chi connectivity index (χ4v) is 3.42. The minimum Gasteiger partial charge on any atom is -0.383 e. The van der Waals surface area contributed by atoms with Crippen molar-refractivity contribution in [3.63, 3.8) is 0 Å².